The second kappa shape index (κ2) is 13.1. The van der Waals surface area contributed by atoms with E-state index in [2.05, 4.69) is 31.1 Å². The first-order valence-electron chi connectivity index (χ1n) is 6.20. The number of nitrogens with one attached hydrogen (secondary N) is 1. The second-order valence-electron chi connectivity index (χ2n) is 4.44. The standard InChI is InChI=1S/C12H27N3.HI/c1-4-5-6-7-9-14-12(13)15-10-8-11(2)3;/h11H,4-10H2,1-3H3,(H3,13,14,15);1H. The summed E-state index contributed by atoms with van der Waals surface area (Å²) in [5.41, 5.74) is 5.71. The molecule has 0 unspecified atom stereocenters. The van der Waals surface area contributed by atoms with Gasteiger partial charge in [-0.3, -0.25) is 4.99 Å². The zero-order valence-electron chi connectivity index (χ0n) is 11.0. The molecular formula is C12H28IN3. The summed E-state index contributed by atoms with van der Waals surface area (Å²) in [6, 6.07) is 0. The summed E-state index contributed by atoms with van der Waals surface area (Å²) in [5.74, 6) is 1.32. The van der Waals surface area contributed by atoms with E-state index in [0.717, 1.165) is 31.8 Å². The molecule has 0 aliphatic rings. The van der Waals surface area contributed by atoms with E-state index in [0.29, 0.717) is 5.96 Å². The van der Waals surface area contributed by atoms with E-state index in [1.165, 1.54) is 19.3 Å². The van der Waals surface area contributed by atoms with Crippen LogP contribution >= 0.6 is 24.0 Å². The van der Waals surface area contributed by atoms with E-state index < -0.39 is 0 Å². The first kappa shape index (κ1) is 18.4. The van der Waals surface area contributed by atoms with Crippen LogP contribution in [-0.2, 0) is 0 Å². The molecule has 0 radical (unpaired) electrons. The number of aliphatic imine (C=N–C) groups is 1. The van der Waals surface area contributed by atoms with Gasteiger partial charge in [0.05, 0.1) is 0 Å². The topological polar surface area (TPSA) is 50.4 Å². The van der Waals surface area contributed by atoms with Gasteiger partial charge in [0.1, 0.15) is 0 Å². The van der Waals surface area contributed by atoms with E-state index >= 15 is 0 Å². The normalized spacial score (nSPS) is 11.4. The molecule has 0 saturated carbocycles. The van der Waals surface area contributed by atoms with Gasteiger partial charge in [-0.1, -0.05) is 40.0 Å². The number of nitrogens with zero attached hydrogens (tertiary/aromatic N) is 1. The first-order valence-corrected chi connectivity index (χ1v) is 6.20. The van der Waals surface area contributed by atoms with Gasteiger partial charge in [-0.15, -0.1) is 24.0 Å². The van der Waals surface area contributed by atoms with Gasteiger partial charge in [0.15, 0.2) is 5.96 Å². The summed E-state index contributed by atoms with van der Waals surface area (Å²) in [4.78, 5) is 4.28. The molecule has 0 spiro atoms. The number of unbranched alkanes of at least 4 members (excludes halogenated alkanes) is 3. The van der Waals surface area contributed by atoms with Gasteiger partial charge in [0.25, 0.3) is 0 Å². The quantitative estimate of drug-likeness (QED) is 0.308. The Bertz CT molecular complexity index is 170. The molecule has 0 fully saturated rings. The van der Waals surface area contributed by atoms with Crippen molar-refractivity contribution in [2.75, 3.05) is 13.1 Å². The number of nitrogens with two attached hydrogens (primary N) is 1. The summed E-state index contributed by atoms with van der Waals surface area (Å²) >= 11 is 0. The minimum absolute atomic E-state index is 0. The van der Waals surface area contributed by atoms with Crippen molar-refractivity contribution in [2.45, 2.75) is 52.9 Å². The Morgan fingerprint density at radius 1 is 1.25 bits per heavy atom. The zero-order chi connectivity index (χ0) is 11.5. The van der Waals surface area contributed by atoms with Gasteiger partial charge in [0, 0.05) is 13.1 Å². The lowest BCUT2D eigenvalue weighted by molar-refractivity contribution is 0.576. The lowest BCUT2D eigenvalue weighted by atomic mass is 10.1. The lowest BCUT2D eigenvalue weighted by Gasteiger charge is -2.07. The fraction of sp³-hybridized carbons (Fsp3) is 0.917. The Kier molecular flexibility index (Phi) is 15.0. The van der Waals surface area contributed by atoms with Crippen molar-refractivity contribution >= 4 is 29.9 Å². The zero-order valence-corrected chi connectivity index (χ0v) is 13.3. The Morgan fingerprint density at radius 2 is 1.94 bits per heavy atom. The van der Waals surface area contributed by atoms with Crippen LogP contribution in [0, 0.1) is 5.92 Å². The minimum Gasteiger partial charge on any atom is -0.370 e. The molecule has 0 saturated heterocycles. The van der Waals surface area contributed by atoms with E-state index in [1.54, 1.807) is 0 Å². The number of hydrogen-bond donors (Lipinski definition) is 2. The van der Waals surface area contributed by atoms with Crippen molar-refractivity contribution in [2.24, 2.45) is 16.6 Å². The predicted molar refractivity (Wildman–Crippen MR) is 83.5 cm³/mol. The predicted octanol–water partition coefficient (Wildman–Crippen LogP) is 3.14. The molecule has 0 bridgehead atoms. The van der Waals surface area contributed by atoms with E-state index in [-0.39, 0.29) is 24.0 Å². The Hall–Kier alpha value is 0. The summed E-state index contributed by atoms with van der Waals surface area (Å²) in [7, 11) is 0. The summed E-state index contributed by atoms with van der Waals surface area (Å²) in [5, 5.41) is 3.13. The van der Waals surface area contributed by atoms with Crippen molar-refractivity contribution < 1.29 is 0 Å². The summed E-state index contributed by atoms with van der Waals surface area (Å²) in [6.07, 6.45) is 6.13. The lowest BCUT2D eigenvalue weighted by Crippen LogP contribution is -2.33. The van der Waals surface area contributed by atoms with Gasteiger partial charge in [-0.2, -0.15) is 0 Å². The monoisotopic (exact) mass is 341 g/mol. The smallest absolute Gasteiger partial charge is 0.188 e. The van der Waals surface area contributed by atoms with Crippen LogP contribution in [0.1, 0.15) is 52.9 Å². The van der Waals surface area contributed by atoms with Crippen LogP contribution in [0.25, 0.3) is 0 Å². The van der Waals surface area contributed by atoms with Gasteiger partial charge < -0.3 is 11.1 Å². The molecule has 0 amide bonds. The maximum Gasteiger partial charge on any atom is 0.188 e. The average Bonchev–Trinajstić information content (AvgIpc) is 2.17. The molecule has 0 aliphatic carbocycles. The molecule has 0 heterocycles. The van der Waals surface area contributed by atoms with E-state index in [9.17, 15) is 0 Å². The SMILES string of the molecule is CCCCCCN=C(N)NCCC(C)C.I. The summed E-state index contributed by atoms with van der Waals surface area (Å²) in [6.45, 7) is 8.42. The van der Waals surface area contributed by atoms with Crippen molar-refractivity contribution in [3.05, 3.63) is 0 Å². The Labute approximate surface area is 118 Å². The number of rotatable bonds is 8. The molecule has 0 aromatic heterocycles. The first-order chi connectivity index (χ1) is 7.16. The minimum atomic E-state index is 0. The van der Waals surface area contributed by atoms with Crippen LogP contribution in [0.15, 0.2) is 4.99 Å². The molecule has 0 aliphatic heterocycles. The Morgan fingerprint density at radius 3 is 2.50 bits per heavy atom. The number of hydrogen-bond acceptors (Lipinski definition) is 1. The number of guanidine groups is 1. The van der Waals surface area contributed by atoms with Crippen molar-refractivity contribution in [1.29, 1.82) is 0 Å². The molecule has 98 valence electrons. The molecule has 3 nitrogen and oxygen atoms in total. The summed E-state index contributed by atoms with van der Waals surface area (Å²) < 4.78 is 0. The second-order valence-corrected chi connectivity index (χ2v) is 4.44. The molecule has 0 aromatic carbocycles. The van der Waals surface area contributed by atoms with Crippen LogP contribution in [0.3, 0.4) is 0 Å². The van der Waals surface area contributed by atoms with E-state index in [1.807, 2.05) is 0 Å². The van der Waals surface area contributed by atoms with Crippen molar-refractivity contribution in [3.63, 3.8) is 0 Å². The third-order valence-electron chi connectivity index (χ3n) is 2.32. The molecular weight excluding hydrogens is 313 g/mol. The molecule has 3 N–H and O–H groups in total. The molecule has 0 aromatic rings. The fourth-order valence-corrected chi connectivity index (χ4v) is 1.28. The van der Waals surface area contributed by atoms with Crippen LogP contribution in [0.2, 0.25) is 0 Å². The van der Waals surface area contributed by atoms with Gasteiger partial charge in [-0.25, -0.2) is 0 Å². The average molecular weight is 341 g/mol. The van der Waals surface area contributed by atoms with Crippen LogP contribution in [-0.4, -0.2) is 19.0 Å². The molecule has 0 atom stereocenters. The maximum atomic E-state index is 5.71. The molecule has 0 rings (SSSR count). The maximum absolute atomic E-state index is 5.71. The van der Waals surface area contributed by atoms with Crippen LogP contribution in [0.4, 0.5) is 0 Å². The van der Waals surface area contributed by atoms with Crippen molar-refractivity contribution in [3.8, 4) is 0 Å². The largest absolute Gasteiger partial charge is 0.370 e. The number of halogens is 1. The van der Waals surface area contributed by atoms with Crippen molar-refractivity contribution in [1.82, 2.24) is 5.32 Å². The van der Waals surface area contributed by atoms with Gasteiger partial charge in [0.2, 0.25) is 0 Å². The molecule has 16 heavy (non-hydrogen) atoms. The highest BCUT2D eigenvalue weighted by Crippen LogP contribution is 1.98. The highest BCUT2D eigenvalue weighted by atomic mass is 127. The fourth-order valence-electron chi connectivity index (χ4n) is 1.28. The highest BCUT2D eigenvalue weighted by Gasteiger charge is 1.94. The van der Waals surface area contributed by atoms with Gasteiger partial charge in [-0.05, 0) is 18.8 Å². The van der Waals surface area contributed by atoms with Crippen LogP contribution in [0.5, 0.6) is 0 Å². The Balaban J connectivity index is 0. The third kappa shape index (κ3) is 14.0. The van der Waals surface area contributed by atoms with Crippen LogP contribution < -0.4 is 11.1 Å². The highest BCUT2D eigenvalue weighted by molar-refractivity contribution is 14.0. The van der Waals surface area contributed by atoms with Gasteiger partial charge >= 0.3 is 0 Å². The molecule has 4 heteroatoms. The van der Waals surface area contributed by atoms with E-state index in [4.69, 9.17) is 5.73 Å². The third-order valence-corrected chi connectivity index (χ3v) is 2.32.